The molecule has 2 aromatic heterocycles. The van der Waals surface area contributed by atoms with E-state index in [4.69, 9.17) is 4.52 Å². The number of carbonyl (C=O) groups excluding carboxylic acids is 1. The molecular weight excluding hydrogens is 358 g/mol. The highest BCUT2D eigenvalue weighted by molar-refractivity contribution is 5.78. The zero-order valence-corrected chi connectivity index (χ0v) is 16.3. The third-order valence-electron chi connectivity index (χ3n) is 5.77. The second-order valence-corrected chi connectivity index (χ2v) is 7.86. The van der Waals surface area contributed by atoms with Crippen LogP contribution < -0.4 is 5.56 Å². The highest BCUT2D eigenvalue weighted by Gasteiger charge is 2.28. The van der Waals surface area contributed by atoms with Gasteiger partial charge in [-0.15, -0.1) is 0 Å². The molecule has 0 saturated carbocycles. The first-order valence-corrected chi connectivity index (χ1v) is 10.1. The summed E-state index contributed by atoms with van der Waals surface area (Å²) in [6.07, 6.45) is 5.30. The fourth-order valence-corrected chi connectivity index (χ4v) is 4.22. The van der Waals surface area contributed by atoms with Gasteiger partial charge in [0.05, 0.1) is 17.9 Å². The Hall–Kier alpha value is -2.48. The van der Waals surface area contributed by atoms with Crippen molar-refractivity contribution in [2.24, 2.45) is 0 Å². The summed E-state index contributed by atoms with van der Waals surface area (Å²) in [4.78, 5) is 28.7. The number of rotatable bonds is 4. The lowest BCUT2D eigenvalue weighted by molar-refractivity contribution is -0.133. The Morgan fingerprint density at radius 1 is 1.18 bits per heavy atom. The molecule has 0 aliphatic carbocycles. The van der Waals surface area contributed by atoms with Crippen LogP contribution in [0.3, 0.4) is 0 Å². The second-order valence-electron chi connectivity index (χ2n) is 7.86. The summed E-state index contributed by atoms with van der Waals surface area (Å²) in [5.41, 5.74) is 2.02. The van der Waals surface area contributed by atoms with E-state index in [1.807, 2.05) is 17.9 Å². The molecular formula is C20H27N5O3. The van der Waals surface area contributed by atoms with Crippen LogP contribution in [0.25, 0.3) is 11.3 Å². The maximum absolute atomic E-state index is 12.6. The van der Waals surface area contributed by atoms with Crippen molar-refractivity contribution in [2.75, 3.05) is 32.7 Å². The number of piperidine rings is 2. The van der Waals surface area contributed by atoms with Crippen LogP contribution in [0.4, 0.5) is 0 Å². The number of carbonyl (C=O) groups is 1. The van der Waals surface area contributed by atoms with Crippen molar-refractivity contribution in [3.05, 3.63) is 33.9 Å². The summed E-state index contributed by atoms with van der Waals surface area (Å²) in [5.74, 6) is 0.965. The maximum Gasteiger partial charge on any atom is 0.264 e. The average Bonchev–Trinajstić information content (AvgIpc) is 3.15. The van der Waals surface area contributed by atoms with Crippen LogP contribution >= 0.6 is 0 Å². The van der Waals surface area contributed by atoms with Gasteiger partial charge in [-0.25, -0.2) is 5.10 Å². The number of hydrogen-bond acceptors (Lipinski definition) is 6. The summed E-state index contributed by atoms with van der Waals surface area (Å²) in [7, 11) is 0. The van der Waals surface area contributed by atoms with Crippen LogP contribution in [0.2, 0.25) is 0 Å². The lowest BCUT2D eigenvalue weighted by Gasteiger charge is -2.34. The molecule has 0 spiro atoms. The van der Waals surface area contributed by atoms with Gasteiger partial charge >= 0.3 is 0 Å². The number of H-pyrrole nitrogens is 1. The number of amides is 1. The third-order valence-corrected chi connectivity index (χ3v) is 5.77. The Kier molecular flexibility index (Phi) is 5.57. The Balaban J connectivity index is 1.42. The Morgan fingerprint density at radius 3 is 2.61 bits per heavy atom. The number of aromatic nitrogens is 3. The molecule has 28 heavy (non-hydrogen) atoms. The van der Waals surface area contributed by atoms with Gasteiger partial charge in [0, 0.05) is 36.7 Å². The minimum absolute atomic E-state index is 0.177. The van der Waals surface area contributed by atoms with E-state index in [-0.39, 0.29) is 17.4 Å². The van der Waals surface area contributed by atoms with Crippen molar-refractivity contribution in [3.63, 3.8) is 0 Å². The molecule has 2 aromatic rings. The number of nitrogens with one attached hydrogen (secondary N) is 1. The van der Waals surface area contributed by atoms with Crippen LogP contribution in [0.1, 0.15) is 49.4 Å². The number of hydrogen-bond donors (Lipinski definition) is 1. The minimum Gasteiger partial charge on any atom is -0.356 e. The molecule has 8 heteroatoms. The molecule has 0 unspecified atom stereocenters. The first-order chi connectivity index (χ1) is 13.6. The van der Waals surface area contributed by atoms with Crippen molar-refractivity contribution >= 4 is 5.91 Å². The molecule has 2 saturated heterocycles. The fourth-order valence-electron chi connectivity index (χ4n) is 4.22. The summed E-state index contributed by atoms with van der Waals surface area (Å²) in [5, 5.41) is 10.8. The quantitative estimate of drug-likeness (QED) is 0.864. The molecule has 2 aliphatic rings. The monoisotopic (exact) mass is 385 g/mol. The molecule has 0 aromatic carbocycles. The van der Waals surface area contributed by atoms with Gasteiger partial charge in [-0.2, -0.15) is 5.10 Å². The molecule has 1 N–H and O–H groups in total. The molecule has 0 atom stereocenters. The number of aryl methyl sites for hydroxylation is 1. The van der Waals surface area contributed by atoms with Gasteiger partial charge in [-0.1, -0.05) is 11.6 Å². The van der Waals surface area contributed by atoms with Gasteiger partial charge in [-0.3, -0.25) is 14.5 Å². The van der Waals surface area contributed by atoms with Crippen LogP contribution in [0.15, 0.2) is 21.5 Å². The first kappa shape index (κ1) is 18.9. The predicted octanol–water partition coefficient (Wildman–Crippen LogP) is 1.93. The Labute approximate surface area is 163 Å². The average molecular weight is 385 g/mol. The van der Waals surface area contributed by atoms with Gasteiger partial charge in [0.15, 0.2) is 5.76 Å². The molecule has 1 amide bonds. The summed E-state index contributed by atoms with van der Waals surface area (Å²) >= 11 is 0. The van der Waals surface area contributed by atoms with Gasteiger partial charge in [-0.05, 0) is 45.7 Å². The van der Waals surface area contributed by atoms with Crippen molar-refractivity contribution in [2.45, 2.75) is 44.9 Å². The zero-order valence-electron chi connectivity index (χ0n) is 16.3. The number of likely N-dealkylation sites (tertiary alicyclic amines) is 2. The van der Waals surface area contributed by atoms with Crippen LogP contribution in [0, 0.1) is 6.92 Å². The third kappa shape index (κ3) is 4.16. The fraction of sp³-hybridized carbons (Fsp3) is 0.600. The van der Waals surface area contributed by atoms with Crippen molar-refractivity contribution in [3.8, 4) is 11.3 Å². The van der Waals surface area contributed by atoms with E-state index in [0.717, 1.165) is 37.3 Å². The van der Waals surface area contributed by atoms with Gasteiger partial charge in [0.2, 0.25) is 5.91 Å². The minimum atomic E-state index is -0.262. The molecule has 0 radical (unpaired) electrons. The zero-order chi connectivity index (χ0) is 19.5. The Bertz CT molecular complexity index is 876. The van der Waals surface area contributed by atoms with E-state index in [1.165, 1.54) is 25.3 Å². The van der Waals surface area contributed by atoms with E-state index in [9.17, 15) is 9.59 Å². The molecule has 0 bridgehead atoms. The van der Waals surface area contributed by atoms with E-state index in [1.54, 1.807) is 0 Å². The van der Waals surface area contributed by atoms with E-state index >= 15 is 0 Å². The highest BCUT2D eigenvalue weighted by Crippen LogP contribution is 2.33. The standard InChI is InChI=1S/C20H27N5O3/c1-14-11-17(28-23-14)16-12-18(26)21-22-20(16)15-5-9-25(10-6-15)19(27)13-24-7-3-2-4-8-24/h11-12,15H,2-10,13H2,1H3,(H,21,26). The first-order valence-electron chi connectivity index (χ1n) is 10.1. The highest BCUT2D eigenvalue weighted by atomic mass is 16.5. The normalized spacial score (nSPS) is 19.1. The molecule has 2 fully saturated rings. The van der Waals surface area contributed by atoms with Crippen molar-refractivity contribution in [1.82, 2.24) is 25.2 Å². The van der Waals surface area contributed by atoms with Crippen LogP contribution in [0.5, 0.6) is 0 Å². The predicted molar refractivity (Wildman–Crippen MR) is 104 cm³/mol. The summed E-state index contributed by atoms with van der Waals surface area (Å²) in [6.45, 7) is 5.87. The number of nitrogens with zero attached hydrogens (tertiary/aromatic N) is 4. The van der Waals surface area contributed by atoms with Gasteiger partial charge in [0.25, 0.3) is 5.56 Å². The van der Waals surface area contributed by atoms with E-state index in [2.05, 4.69) is 20.3 Å². The molecule has 4 rings (SSSR count). The molecule has 4 heterocycles. The maximum atomic E-state index is 12.6. The molecule has 8 nitrogen and oxygen atoms in total. The summed E-state index contributed by atoms with van der Waals surface area (Å²) < 4.78 is 5.37. The van der Waals surface area contributed by atoms with E-state index in [0.29, 0.717) is 31.0 Å². The molecule has 150 valence electrons. The topological polar surface area (TPSA) is 95.3 Å². The molecule has 2 aliphatic heterocycles. The van der Waals surface area contributed by atoms with Crippen molar-refractivity contribution < 1.29 is 9.32 Å². The number of aromatic amines is 1. The van der Waals surface area contributed by atoms with Crippen LogP contribution in [-0.4, -0.2) is 63.8 Å². The Morgan fingerprint density at radius 2 is 1.93 bits per heavy atom. The summed E-state index contributed by atoms with van der Waals surface area (Å²) in [6, 6.07) is 3.34. The SMILES string of the molecule is Cc1cc(-c2cc(=O)[nH]nc2C2CCN(C(=O)CN3CCCCC3)CC2)on1. The van der Waals surface area contributed by atoms with Crippen molar-refractivity contribution in [1.29, 1.82) is 0 Å². The second kappa shape index (κ2) is 8.26. The lowest BCUT2D eigenvalue weighted by atomic mass is 9.90. The van der Waals surface area contributed by atoms with E-state index < -0.39 is 0 Å². The van der Waals surface area contributed by atoms with Gasteiger partial charge in [0.1, 0.15) is 0 Å². The van der Waals surface area contributed by atoms with Gasteiger partial charge < -0.3 is 9.42 Å². The largest absolute Gasteiger partial charge is 0.356 e. The van der Waals surface area contributed by atoms with Crippen LogP contribution in [-0.2, 0) is 4.79 Å². The smallest absolute Gasteiger partial charge is 0.264 e. The lowest BCUT2D eigenvalue weighted by Crippen LogP contribution is -2.45.